The average molecular weight is 420 g/mol. The molecule has 1 aromatic carbocycles. The highest BCUT2D eigenvalue weighted by Gasteiger charge is 2.33. The third-order valence-electron chi connectivity index (χ3n) is 4.66. The molecule has 9 heteroatoms. The summed E-state index contributed by atoms with van der Waals surface area (Å²) in [6.07, 6.45) is -2.34. The van der Waals surface area contributed by atoms with Crippen molar-refractivity contribution in [2.75, 3.05) is 6.61 Å². The molecule has 6 nitrogen and oxygen atoms in total. The van der Waals surface area contributed by atoms with Crippen LogP contribution in [0.2, 0.25) is 0 Å². The Labute approximate surface area is 170 Å². The first kappa shape index (κ1) is 21.5. The van der Waals surface area contributed by atoms with E-state index in [1.165, 1.54) is 18.3 Å². The fourth-order valence-corrected chi connectivity index (χ4v) is 2.86. The van der Waals surface area contributed by atoms with Gasteiger partial charge in [-0.3, -0.25) is 9.59 Å². The average Bonchev–Trinajstić information content (AvgIpc) is 3.04. The maximum atomic E-state index is 12.6. The van der Waals surface area contributed by atoms with Crippen LogP contribution in [0.15, 0.2) is 47.8 Å². The molecule has 0 aliphatic heterocycles. The van der Waals surface area contributed by atoms with Crippen molar-refractivity contribution in [3.63, 3.8) is 0 Å². The van der Waals surface area contributed by atoms with E-state index in [4.69, 9.17) is 9.57 Å². The molecule has 0 unspecified atom stereocenters. The van der Waals surface area contributed by atoms with E-state index in [-0.39, 0.29) is 43.5 Å². The number of alkyl halides is 3. The number of nitrogens with zero attached hydrogens (tertiary/aromatic N) is 2. The molecule has 1 aromatic heterocycles. The standard InChI is InChI=1S/C21H19F3N2O4/c1-13(26-30-11-14-2-5-16(6-3-14)21(22,23)24)15-4-9-20(25-10-15)29-12-17-18(27)7-8-19(17)28/h2-6,9-10,17H,7-8,11-12H2,1H3. The largest absolute Gasteiger partial charge is 0.476 e. The first-order chi connectivity index (χ1) is 14.2. The quantitative estimate of drug-likeness (QED) is 0.385. The second-order valence-electron chi connectivity index (χ2n) is 6.83. The predicted octanol–water partition coefficient (Wildman–Crippen LogP) is 3.97. The van der Waals surface area contributed by atoms with Crippen molar-refractivity contribution < 1.29 is 32.3 Å². The summed E-state index contributed by atoms with van der Waals surface area (Å²) < 4.78 is 43.1. The summed E-state index contributed by atoms with van der Waals surface area (Å²) >= 11 is 0. The van der Waals surface area contributed by atoms with Gasteiger partial charge >= 0.3 is 6.18 Å². The Morgan fingerprint density at radius 1 is 1.10 bits per heavy atom. The minimum absolute atomic E-state index is 0.0205. The van der Waals surface area contributed by atoms with E-state index in [1.807, 2.05) is 0 Å². The van der Waals surface area contributed by atoms with E-state index >= 15 is 0 Å². The molecule has 30 heavy (non-hydrogen) atoms. The van der Waals surface area contributed by atoms with Crippen molar-refractivity contribution in [2.45, 2.75) is 32.5 Å². The lowest BCUT2D eigenvalue weighted by atomic mass is 10.1. The van der Waals surface area contributed by atoms with Gasteiger partial charge in [0.25, 0.3) is 0 Å². The summed E-state index contributed by atoms with van der Waals surface area (Å²) in [5.41, 5.74) is 1.00. The van der Waals surface area contributed by atoms with Gasteiger partial charge in [-0.2, -0.15) is 13.2 Å². The van der Waals surface area contributed by atoms with E-state index in [0.717, 1.165) is 12.1 Å². The zero-order chi connectivity index (χ0) is 21.7. The lowest BCUT2D eigenvalue weighted by Gasteiger charge is -2.09. The highest BCUT2D eigenvalue weighted by atomic mass is 19.4. The van der Waals surface area contributed by atoms with Gasteiger partial charge in [-0.15, -0.1) is 0 Å². The number of halogens is 3. The van der Waals surface area contributed by atoms with Crippen molar-refractivity contribution in [1.29, 1.82) is 0 Å². The molecular weight excluding hydrogens is 401 g/mol. The number of carbonyl (C=O) groups excluding carboxylic acids is 2. The van der Waals surface area contributed by atoms with E-state index < -0.39 is 17.7 Å². The molecule has 1 fully saturated rings. The van der Waals surface area contributed by atoms with E-state index in [9.17, 15) is 22.8 Å². The maximum Gasteiger partial charge on any atom is 0.416 e. The summed E-state index contributed by atoms with van der Waals surface area (Å²) in [5, 5.41) is 3.94. The van der Waals surface area contributed by atoms with Crippen LogP contribution in [0.5, 0.6) is 5.88 Å². The normalized spacial score (nSPS) is 15.5. The third kappa shape index (κ3) is 5.43. The highest BCUT2D eigenvalue weighted by molar-refractivity contribution is 6.08. The number of pyridine rings is 1. The van der Waals surface area contributed by atoms with Crippen LogP contribution in [0.4, 0.5) is 13.2 Å². The summed E-state index contributed by atoms with van der Waals surface area (Å²) in [6.45, 7) is 1.70. The van der Waals surface area contributed by atoms with E-state index in [1.54, 1.807) is 19.1 Å². The number of hydrogen-bond acceptors (Lipinski definition) is 6. The van der Waals surface area contributed by atoms with Crippen molar-refractivity contribution >= 4 is 17.3 Å². The van der Waals surface area contributed by atoms with Gasteiger partial charge in [0.2, 0.25) is 5.88 Å². The van der Waals surface area contributed by atoms with Gasteiger partial charge in [-0.05, 0) is 30.7 Å². The molecule has 3 rings (SSSR count). The zero-order valence-electron chi connectivity index (χ0n) is 16.1. The topological polar surface area (TPSA) is 77.9 Å². The number of aromatic nitrogens is 1. The van der Waals surface area contributed by atoms with Gasteiger partial charge in [0.05, 0.1) is 11.3 Å². The van der Waals surface area contributed by atoms with Crippen LogP contribution >= 0.6 is 0 Å². The highest BCUT2D eigenvalue weighted by Crippen LogP contribution is 2.29. The van der Waals surface area contributed by atoms with Crippen LogP contribution < -0.4 is 4.74 Å². The van der Waals surface area contributed by atoms with Gasteiger partial charge in [0.1, 0.15) is 30.7 Å². The second kappa shape index (κ2) is 9.06. The molecule has 1 heterocycles. The van der Waals surface area contributed by atoms with Crippen LogP contribution in [0, 0.1) is 5.92 Å². The van der Waals surface area contributed by atoms with Crippen molar-refractivity contribution in [2.24, 2.45) is 11.1 Å². The van der Waals surface area contributed by atoms with E-state index in [2.05, 4.69) is 10.1 Å². The summed E-state index contributed by atoms with van der Waals surface area (Å²) in [6, 6.07) is 7.94. The maximum absolute atomic E-state index is 12.6. The molecule has 1 saturated carbocycles. The molecule has 0 atom stereocenters. The number of ether oxygens (including phenoxy) is 1. The molecule has 0 bridgehead atoms. The molecule has 1 aliphatic rings. The van der Waals surface area contributed by atoms with E-state index in [0.29, 0.717) is 16.8 Å². The molecule has 0 saturated heterocycles. The molecule has 0 amide bonds. The number of rotatable bonds is 7. The fraction of sp³-hybridized carbons (Fsp3) is 0.333. The number of hydrogen-bond donors (Lipinski definition) is 0. The second-order valence-corrected chi connectivity index (χ2v) is 6.83. The van der Waals surface area contributed by atoms with Crippen LogP contribution in [0.1, 0.15) is 36.5 Å². The summed E-state index contributed by atoms with van der Waals surface area (Å²) in [4.78, 5) is 32.5. The number of Topliss-reactive ketones (excluding diaryl/α,β-unsaturated/α-hetero) is 2. The van der Waals surface area contributed by atoms with Gasteiger partial charge in [0, 0.05) is 30.7 Å². The van der Waals surface area contributed by atoms with Crippen molar-refractivity contribution in [1.82, 2.24) is 4.98 Å². The number of benzene rings is 1. The lowest BCUT2D eigenvalue weighted by Crippen LogP contribution is -2.22. The Morgan fingerprint density at radius 3 is 2.33 bits per heavy atom. The van der Waals surface area contributed by atoms with Gasteiger partial charge in [-0.1, -0.05) is 17.3 Å². The molecule has 2 aromatic rings. The fourth-order valence-electron chi connectivity index (χ4n) is 2.86. The zero-order valence-corrected chi connectivity index (χ0v) is 16.1. The smallest absolute Gasteiger partial charge is 0.416 e. The SMILES string of the molecule is CC(=NOCc1ccc(C(F)(F)F)cc1)c1ccc(OCC2C(=O)CCC2=O)nc1. The lowest BCUT2D eigenvalue weighted by molar-refractivity contribution is -0.137. The van der Waals surface area contributed by atoms with Gasteiger partial charge in [-0.25, -0.2) is 4.98 Å². The van der Waals surface area contributed by atoms with Crippen LogP contribution in [0.25, 0.3) is 0 Å². The molecule has 0 radical (unpaired) electrons. The monoisotopic (exact) mass is 420 g/mol. The number of carbonyl (C=O) groups is 2. The Hall–Kier alpha value is -3.23. The molecule has 1 aliphatic carbocycles. The third-order valence-corrected chi connectivity index (χ3v) is 4.66. The van der Waals surface area contributed by atoms with Crippen molar-refractivity contribution in [3.8, 4) is 5.88 Å². The first-order valence-electron chi connectivity index (χ1n) is 9.21. The molecule has 0 spiro atoms. The van der Waals surface area contributed by atoms with Crippen LogP contribution in [-0.4, -0.2) is 28.9 Å². The Bertz CT molecular complexity index is 922. The van der Waals surface area contributed by atoms with Crippen LogP contribution in [0.3, 0.4) is 0 Å². The van der Waals surface area contributed by atoms with Gasteiger partial charge in [0.15, 0.2) is 0 Å². The predicted molar refractivity (Wildman–Crippen MR) is 101 cm³/mol. The number of oxime groups is 1. The summed E-state index contributed by atoms with van der Waals surface area (Å²) in [7, 11) is 0. The Kier molecular flexibility index (Phi) is 6.49. The van der Waals surface area contributed by atoms with Gasteiger partial charge < -0.3 is 9.57 Å². The molecule has 0 N–H and O–H groups in total. The van der Waals surface area contributed by atoms with Crippen molar-refractivity contribution in [3.05, 3.63) is 59.3 Å². The minimum Gasteiger partial charge on any atom is -0.476 e. The Balaban J connectivity index is 1.51. The Morgan fingerprint density at radius 2 is 1.77 bits per heavy atom. The summed E-state index contributed by atoms with van der Waals surface area (Å²) in [5.74, 6) is -0.646. The van der Waals surface area contributed by atoms with Crippen LogP contribution in [-0.2, 0) is 27.2 Å². The number of ketones is 2. The molecule has 158 valence electrons. The minimum atomic E-state index is -4.38. The molecular formula is C21H19F3N2O4. The first-order valence-corrected chi connectivity index (χ1v) is 9.21.